The molecular formula is C15H13ClN2O3. The van der Waals surface area contributed by atoms with Gasteiger partial charge in [-0.05, 0) is 42.0 Å². The second-order valence-electron chi connectivity index (χ2n) is 4.10. The molecule has 0 bridgehead atoms. The molecule has 0 spiro atoms. The minimum Gasteiger partial charge on any atom is -0.508 e. The summed E-state index contributed by atoms with van der Waals surface area (Å²) in [5.74, 6) is 0.214. The van der Waals surface area contributed by atoms with E-state index in [-0.39, 0.29) is 12.4 Å². The third kappa shape index (κ3) is 4.81. The van der Waals surface area contributed by atoms with Crippen molar-refractivity contribution in [1.82, 2.24) is 5.43 Å². The summed E-state index contributed by atoms with van der Waals surface area (Å²) in [6.45, 7) is -0.184. The third-order valence-corrected chi connectivity index (χ3v) is 2.80. The third-order valence-electron chi connectivity index (χ3n) is 2.49. The highest BCUT2D eigenvalue weighted by Gasteiger charge is 2.03. The molecule has 0 heterocycles. The Morgan fingerprint density at radius 2 is 1.95 bits per heavy atom. The molecule has 0 unspecified atom stereocenters. The van der Waals surface area contributed by atoms with Gasteiger partial charge in [0.25, 0.3) is 5.91 Å². The van der Waals surface area contributed by atoms with Crippen LogP contribution in [0.15, 0.2) is 53.6 Å². The Labute approximate surface area is 126 Å². The molecule has 1 amide bonds. The van der Waals surface area contributed by atoms with E-state index < -0.39 is 5.91 Å². The van der Waals surface area contributed by atoms with Gasteiger partial charge < -0.3 is 9.84 Å². The quantitative estimate of drug-likeness (QED) is 0.659. The number of ether oxygens (including phenoxy) is 1. The molecule has 2 N–H and O–H groups in total. The number of phenolic OH excluding ortho intramolecular Hbond substituents is 1. The van der Waals surface area contributed by atoms with Gasteiger partial charge in [0.05, 0.1) is 11.2 Å². The van der Waals surface area contributed by atoms with Crippen molar-refractivity contribution in [3.05, 3.63) is 59.1 Å². The Balaban J connectivity index is 1.80. The summed E-state index contributed by atoms with van der Waals surface area (Å²) in [5, 5.41) is 13.4. The molecule has 21 heavy (non-hydrogen) atoms. The first-order chi connectivity index (χ1) is 10.1. The minimum absolute atomic E-state index is 0.171. The summed E-state index contributed by atoms with van der Waals surface area (Å²) < 4.78 is 5.27. The zero-order valence-corrected chi connectivity index (χ0v) is 11.7. The van der Waals surface area contributed by atoms with Crippen molar-refractivity contribution in [1.29, 1.82) is 0 Å². The van der Waals surface area contributed by atoms with Crippen LogP contribution in [0.2, 0.25) is 5.02 Å². The number of phenols is 1. The lowest BCUT2D eigenvalue weighted by atomic mass is 10.2. The van der Waals surface area contributed by atoms with E-state index in [1.807, 2.05) is 0 Å². The SMILES string of the molecule is O=C(COc1ccccc1Cl)NN=Cc1ccc(O)cc1. The molecule has 108 valence electrons. The van der Waals surface area contributed by atoms with Gasteiger partial charge in [-0.25, -0.2) is 5.43 Å². The Bertz CT molecular complexity index is 642. The molecular weight excluding hydrogens is 292 g/mol. The molecule has 0 aromatic heterocycles. The largest absolute Gasteiger partial charge is 0.508 e. The second-order valence-corrected chi connectivity index (χ2v) is 4.51. The molecule has 0 fully saturated rings. The first-order valence-electron chi connectivity index (χ1n) is 6.13. The minimum atomic E-state index is -0.398. The molecule has 2 aromatic rings. The Kier molecular flexibility index (Phi) is 5.17. The molecule has 2 rings (SSSR count). The van der Waals surface area contributed by atoms with Crippen LogP contribution in [0.5, 0.6) is 11.5 Å². The Morgan fingerprint density at radius 3 is 2.67 bits per heavy atom. The first kappa shape index (κ1) is 14.9. The van der Waals surface area contributed by atoms with E-state index >= 15 is 0 Å². The monoisotopic (exact) mass is 304 g/mol. The van der Waals surface area contributed by atoms with Gasteiger partial charge in [-0.2, -0.15) is 5.10 Å². The van der Waals surface area contributed by atoms with E-state index in [1.165, 1.54) is 18.3 Å². The van der Waals surface area contributed by atoms with Crippen molar-refractivity contribution >= 4 is 23.7 Å². The van der Waals surface area contributed by atoms with Crippen molar-refractivity contribution in [2.24, 2.45) is 5.10 Å². The lowest BCUT2D eigenvalue weighted by Gasteiger charge is -2.06. The number of amides is 1. The van der Waals surface area contributed by atoms with Crippen molar-refractivity contribution in [3.63, 3.8) is 0 Å². The zero-order valence-electron chi connectivity index (χ0n) is 11.0. The topological polar surface area (TPSA) is 70.9 Å². The summed E-state index contributed by atoms with van der Waals surface area (Å²) in [7, 11) is 0. The number of carbonyl (C=O) groups excluding carboxylic acids is 1. The number of aromatic hydroxyl groups is 1. The highest BCUT2D eigenvalue weighted by atomic mass is 35.5. The van der Waals surface area contributed by atoms with Crippen molar-refractivity contribution < 1.29 is 14.6 Å². The molecule has 0 aliphatic heterocycles. The predicted octanol–water partition coefficient (Wildman–Crippen LogP) is 2.57. The summed E-state index contributed by atoms with van der Waals surface area (Å²) >= 11 is 5.90. The predicted molar refractivity (Wildman–Crippen MR) is 80.8 cm³/mol. The smallest absolute Gasteiger partial charge is 0.277 e. The number of nitrogens with zero attached hydrogens (tertiary/aromatic N) is 1. The molecule has 0 atom stereocenters. The van der Waals surface area contributed by atoms with Gasteiger partial charge in [0.1, 0.15) is 11.5 Å². The maximum absolute atomic E-state index is 11.5. The zero-order chi connectivity index (χ0) is 15.1. The average Bonchev–Trinajstić information content (AvgIpc) is 2.48. The number of para-hydroxylation sites is 1. The van der Waals surface area contributed by atoms with Crippen LogP contribution in [-0.4, -0.2) is 23.8 Å². The molecule has 0 saturated heterocycles. The number of hydrogen-bond donors (Lipinski definition) is 2. The standard InChI is InChI=1S/C15H13ClN2O3/c16-13-3-1-2-4-14(13)21-10-15(20)18-17-9-11-5-7-12(19)8-6-11/h1-9,19H,10H2,(H,18,20). The van der Waals surface area contributed by atoms with E-state index in [9.17, 15) is 4.79 Å². The molecule has 0 aliphatic carbocycles. The molecule has 5 nitrogen and oxygen atoms in total. The maximum atomic E-state index is 11.5. The fourth-order valence-electron chi connectivity index (χ4n) is 1.48. The number of hydrazone groups is 1. The fraction of sp³-hybridized carbons (Fsp3) is 0.0667. The summed E-state index contributed by atoms with van der Waals surface area (Å²) in [6.07, 6.45) is 1.47. The van der Waals surface area contributed by atoms with Gasteiger partial charge in [0.2, 0.25) is 0 Å². The van der Waals surface area contributed by atoms with E-state index in [1.54, 1.807) is 36.4 Å². The van der Waals surface area contributed by atoms with E-state index in [0.717, 1.165) is 5.56 Å². The van der Waals surface area contributed by atoms with Gasteiger partial charge >= 0.3 is 0 Å². The first-order valence-corrected chi connectivity index (χ1v) is 6.51. The highest BCUT2D eigenvalue weighted by molar-refractivity contribution is 6.32. The number of benzene rings is 2. The number of nitrogens with one attached hydrogen (secondary N) is 1. The van der Waals surface area contributed by atoms with Crippen molar-refractivity contribution in [2.75, 3.05) is 6.61 Å². The summed E-state index contributed by atoms with van der Waals surface area (Å²) in [4.78, 5) is 11.5. The molecule has 6 heteroatoms. The van der Waals surface area contributed by atoms with E-state index in [2.05, 4.69) is 10.5 Å². The van der Waals surface area contributed by atoms with E-state index in [4.69, 9.17) is 21.4 Å². The van der Waals surface area contributed by atoms with Crippen LogP contribution in [-0.2, 0) is 4.79 Å². The summed E-state index contributed by atoms with van der Waals surface area (Å²) in [5.41, 5.74) is 3.09. The van der Waals surface area contributed by atoms with Crippen LogP contribution in [0, 0.1) is 0 Å². The van der Waals surface area contributed by atoms with Crippen LogP contribution < -0.4 is 10.2 Å². The van der Waals surface area contributed by atoms with Gasteiger partial charge in [0.15, 0.2) is 6.61 Å². The fourth-order valence-corrected chi connectivity index (χ4v) is 1.67. The van der Waals surface area contributed by atoms with Gasteiger partial charge in [-0.1, -0.05) is 23.7 Å². The number of hydrogen-bond acceptors (Lipinski definition) is 4. The second kappa shape index (κ2) is 7.31. The Morgan fingerprint density at radius 1 is 1.24 bits per heavy atom. The number of halogens is 1. The molecule has 0 saturated carbocycles. The maximum Gasteiger partial charge on any atom is 0.277 e. The summed E-state index contributed by atoms with van der Waals surface area (Å²) in [6, 6.07) is 13.3. The lowest BCUT2D eigenvalue weighted by Crippen LogP contribution is -2.24. The van der Waals surface area contributed by atoms with Crippen LogP contribution in [0.25, 0.3) is 0 Å². The van der Waals surface area contributed by atoms with Crippen LogP contribution in [0.4, 0.5) is 0 Å². The van der Waals surface area contributed by atoms with Crippen LogP contribution >= 0.6 is 11.6 Å². The Hall–Kier alpha value is -2.53. The van der Waals surface area contributed by atoms with Crippen molar-refractivity contribution in [2.45, 2.75) is 0 Å². The molecule has 2 aromatic carbocycles. The molecule has 0 radical (unpaired) electrons. The van der Waals surface area contributed by atoms with Crippen molar-refractivity contribution in [3.8, 4) is 11.5 Å². The van der Waals surface area contributed by atoms with E-state index in [0.29, 0.717) is 10.8 Å². The van der Waals surface area contributed by atoms with Crippen LogP contribution in [0.3, 0.4) is 0 Å². The number of rotatable bonds is 5. The lowest BCUT2D eigenvalue weighted by molar-refractivity contribution is -0.123. The van der Waals surface area contributed by atoms with Gasteiger partial charge in [-0.15, -0.1) is 0 Å². The van der Waals surface area contributed by atoms with Crippen LogP contribution in [0.1, 0.15) is 5.56 Å². The molecule has 0 aliphatic rings. The van der Waals surface area contributed by atoms with Gasteiger partial charge in [0, 0.05) is 0 Å². The highest BCUT2D eigenvalue weighted by Crippen LogP contribution is 2.22. The average molecular weight is 305 g/mol. The number of carbonyl (C=O) groups is 1. The normalized spacial score (nSPS) is 10.5. The van der Waals surface area contributed by atoms with Gasteiger partial charge in [-0.3, -0.25) is 4.79 Å².